The third kappa shape index (κ3) is 6.02. The van der Waals surface area contributed by atoms with Crippen LogP contribution in [0.4, 0.5) is 0 Å². The molecule has 4 heteroatoms. The first kappa shape index (κ1) is 10.1. The number of hydrogen-bond acceptors (Lipinski definition) is 2. The number of carbonyl (C=O) groups is 2. The van der Waals surface area contributed by atoms with E-state index < -0.39 is 11.8 Å². The molecule has 0 aliphatic heterocycles. The van der Waals surface area contributed by atoms with Crippen LogP contribution in [0.25, 0.3) is 0 Å². The Balaban J connectivity index is 0. The van der Waals surface area contributed by atoms with Gasteiger partial charge in [0.15, 0.2) is 0 Å². The number of hydrogen-bond donors (Lipinski definition) is 1. The Hall–Kier alpha value is 0.0231. The van der Waals surface area contributed by atoms with Crippen molar-refractivity contribution in [3.8, 4) is 0 Å². The minimum atomic E-state index is -1.38. The Morgan fingerprint density at radius 3 is 1.57 bits per heavy atom. The molecule has 0 saturated heterocycles. The van der Waals surface area contributed by atoms with Crippen molar-refractivity contribution in [2.75, 3.05) is 0 Å². The van der Waals surface area contributed by atoms with E-state index in [1.165, 1.54) is 0 Å². The van der Waals surface area contributed by atoms with Crippen LogP contribution in [0.2, 0.25) is 0 Å². The van der Waals surface area contributed by atoms with Crippen molar-refractivity contribution < 1.29 is 40.9 Å². The van der Waals surface area contributed by atoms with Crippen molar-refractivity contribution in [3.05, 3.63) is 0 Å². The predicted octanol–water partition coefficient (Wildman–Crippen LogP) is -0.343. The molecule has 0 aliphatic carbocycles. The first-order chi connectivity index (χ1) is 2.64. The first-order valence-electron chi connectivity index (χ1n) is 1.38. The third-order valence-corrected chi connectivity index (χ3v) is 0.301. The molecule has 0 aromatic heterocycles. The summed E-state index contributed by atoms with van der Waals surface area (Å²) in [7, 11) is 0. The van der Waals surface area contributed by atoms with E-state index >= 15 is 0 Å². The molecule has 0 atom stereocenters. The molecule has 0 fully saturated rings. The summed E-state index contributed by atoms with van der Waals surface area (Å²) in [5, 5.41) is 7.64. The average molecular weight is 179 g/mol. The minimum Gasteiger partial charge on any atom is -0.476 e. The van der Waals surface area contributed by atoms with Crippen LogP contribution in [0.5, 0.6) is 0 Å². The second-order valence-electron chi connectivity index (χ2n) is 0.861. The van der Waals surface area contributed by atoms with E-state index in [-0.39, 0.29) is 26.2 Å². The number of aliphatic carboxylic acids is 1. The summed E-state index contributed by atoms with van der Waals surface area (Å²) in [6.07, 6.45) is 0. The van der Waals surface area contributed by atoms with Gasteiger partial charge in [0.05, 0.1) is 0 Å². The molecular weight excluding hydrogens is 175 g/mol. The molecule has 0 aromatic carbocycles. The Labute approximate surface area is 59.8 Å². The summed E-state index contributed by atoms with van der Waals surface area (Å²) in [5.74, 6) is -2.20. The van der Waals surface area contributed by atoms with Crippen LogP contribution in [-0.2, 0) is 35.8 Å². The number of carboxylic acids is 1. The van der Waals surface area contributed by atoms with Gasteiger partial charge >= 0.3 is 5.97 Å². The van der Waals surface area contributed by atoms with Gasteiger partial charge in [0.1, 0.15) is 0 Å². The molecule has 0 aromatic rings. The zero-order chi connectivity index (χ0) is 5.15. The van der Waals surface area contributed by atoms with Crippen LogP contribution in [0.15, 0.2) is 0 Å². The van der Waals surface area contributed by atoms with Crippen LogP contribution < -0.4 is 0 Å². The summed E-state index contributed by atoms with van der Waals surface area (Å²) in [6.45, 7) is 1.00. The molecule has 0 rings (SSSR count). The Morgan fingerprint density at radius 2 is 1.57 bits per heavy atom. The fraction of sp³-hybridized carbons (Fsp3) is 0.333. The summed E-state index contributed by atoms with van der Waals surface area (Å²) >= 11 is 0. The largest absolute Gasteiger partial charge is 0.476 e. The molecule has 0 saturated carbocycles. The van der Waals surface area contributed by atoms with E-state index in [9.17, 15) is 9.59 Å². The van der Waals surface area contributed by atoms with Crippen molar-refractivity contribution in [2.45, 2.75) is 6.92 Å². The molecule has 0 amide bonds. The zero-order valence-electron chi connectivity index (χ0n) is 3.76. The Kier molecular flexibility index (Phi) is 6.04. The van der Waals surface area contributed by atoms with Gasteiger partial charge in [-0.15, -0.1) is 0 Å². The molecule has 38 valence electrons. The van der Waals surface area contributed by atoms with E-state index in [1.54, 1.807) is 0 Å². The molecule has 3 nitrogen and oxygen atoms in total. The van der Waals surface area contributed by atoms with Crippen molar-refractivity contribution in [1.82, 2.24) is 0 Å². The van der Waals surface area contributed by atoms with E-state index in [0.717, 1.165) is 6.92 Å². The van der Waals surface area contributed by atoms with Crippen molar-refractivity contribution in [1.29, 1.82) is 0 Å². The van der Waals surface area contributed by atoms with Gasteiger partial charge in [0.25, 0.3) is 0 Å². The van der Waals surface area contributed by atoms with Gasteiger partial charge in [0, 0.05) is 33.1 Å². The monoisotopic (exact) mass is 178 g/mol. The van der Waals surface area contributed by atoms with Crippen LogP contribution in [0.3, 0.4) is 0 Å². The third-order valence-electron chi connectivity index (χ3n) is 0.301. The molecule has 0 unspecified atom stereocenters. The fourth-order valence-electron chi connectivity index (χ4n) is 0. The van der Waals surface area contributed by atoms with Gasteiger partial charge in [-0.2, -0.15) is 0 Å². The summed E-state index contributed by atoms with van der Waals surface area (Å²) < 4.78 is 0. The van der Waals surface area contributed by atoms with Gasteiger partial charge in [-0.05, 0) is 0 Å². The normalized spacial score (nSPS) is 6.43. The molecule has 1 N–H and O–H groups in total. The Bertz CT molecular complexity index is 76.2. The average Bonchev–Trinajstić information content (AvgIpc) is 1.36. The van der Waals surface area contributed by atoms with Crippen LogP contribution in [0.1, 0.15) is 6.92 Å². The van der Waals surface area contributed by atoms with Gasteiger partial charge in [-0.3, -0.25) is 4.79 Å². The van der Waals surface area contributed by atoms with Crippen LogP contribution in [0, 0.1) is 0 Å². The number of carbonyl (C=O) groups excluding carboxylic acids is 1. The van der Waals surface area contributed by atoms with Gasteiger partial charge in [0.2, 0.25) is 5.78 Å². The first-order valence-corrected chi connectivity index (χ1v) is 1.38. The maximum absolute atomic E-state index is 9.54. The molecule has 0 bridgehead atoms. The number of ketones is 1. The predicted molar refractivity (Wildman–Crippen MR) is 18.3 cm³/mol. The van der Waals surface area contributed by atoms with Crippen molar-refractivity contribution in [2.24, 2.45) is 0 Å². The SMILES string of the molecule is CC(=O)C(=O)O.[Zr]. The Morgan fingerprint density at radius 1 is 1.43 bits per heavy atom. The number of Topliss-reactive ketones (excluding diaryl/α,β-unsaturated/α-hetero) is 1. The van der Waals surface area contributed by atoms with E-state index in [0.29, 0.717) is 0 Å². The summed E-state index contributed by atoms with van der Waals surface area (Å²) in [4.78, 5) is 18.9. The number of carboxylic acid groups (broad SMARTS) is 1. The maximum Gasteiger partial charge on any atom is 0.371 e. The van der Waals surface area contributed by atoms with Gasteiger partial charge < -0.3 is 5.11 Å². The second-order valence-corrected chi connectivity index (χ2v) is 0.861. The van der Waals surface area contributed by atoms with Crippen LogP contribution in [-0.4, -0.2) is 16.9 Å². The smallest absolute Gasteiger partial charge is 0.371 e. The molecule has 0 spiro atoms. The summed E-state index contributed by atoms with van der Waals surface area (Å²) in [5.41, 5.74) is 0. The van der Waals surface area contributed by atoms with Crippen molar-refractivity contribution in [3.63, 3.8) is 0 Å². The maximum atomic E-state index is 9.54. The van der Waals surface area contributed by atoms with E-state index in [4.69, 9.17) is 5.11 Å². The number of rotatable bonds is 1. The molecule has 0 radical (unpaired) electrons. The molecule has 7 heavy (non-hydrogen) atoms. The molecular formula is C3H4O3Zr. The van der Waals surface area contributed by atoms with E-state index in [1.807, 2.05) is 0 Å². The van der Waals surface area contributed by atoms with Crippen molar-refractivity contribution >= 4 is 11.8 Å². The van der Waals surface area contributed by atoms with Crippen LogP contribution >= 0.6 is 0 Å². The standard InChI is InChI=1S/C3H4O3.Zr/c1-2(4)3(5)6;/h1H3,(H,5,6);. The minimum absolute atomic E-state index is 0. The summed E-state index contributed by atoms with van der Waals surface area (Å²) in [6, 6.07) is 0. The quantitative estimate of drug-likeness (QED) is 0.560. The van der Waals surface area contributed by atoms with E-state index in [2.05, 4.69) is 0 Å². The second kappa shape index (κ2) is 4.19. The van der Waals surface area contributed by atoms with Gasteiger partial charge in [-0.25, -0.2) is 4.79 Å². The topological polar surface area (TPSA) is 54.4 Å². The zero-order valence-corrected chi connectivity index (χ0v) is 6.22. The molecule has 0 aliphatic rings. The van der Waals surface area contributed by atoms with Gasteiger partial charge in [-0.1, -0.05) is 0 Å². The molecule has 0 heterocycles. The fourth-order valence-corrected chi connectivity index (χ4v) is 0.